The van der Waals surface area contributed by atoms with Crippen molar-refractivity contribution in [2.45, 2.75) is 25.7 Å². The zero-order valence-electron chi connectivity index (χ0n) is 13.5. The number of hydrogen-bond acceptors (Lipinski definition) is 3. The Morgan fingerprint density at radius 1 is 1.33 bits per heavy atom. The van der Waals surface area contributed by atoms with E-state index in [0.29, 0.717) is 44.2 Å². The molecule has 2 fully saturated rings. The molecule has 1 aromatic rings. The van der Waals surface area contributed by atoms with Crippen LogP contribution in [0.15, 0.2) is 24.3 Å². The highest BCUT2D eigenvalue weighted by Gasteiger charge is 2.54. The number of halogens is 1. The number of aliphatic carboxylic acids is 1. The van der Waals surface area contributed by atoms with Crippen molar-refractivity contribution in [2.75, 3.05) is 26.3 Å². The predicted octanol–water partition coefficient (Wildman–Crippen LogP) is 2.61. The average Bonchev–Trinajstić information content (AvgIpc) is 2.98. The molecular weight excluding hydrogens is 330 g/mol. The van der Waals surface area contributed by atoms with Crippen LogP contribution < -0.4 is 0 Å². The number of aryl methyl sites for hydroxylation is 1. The summed E-state index contributed by atoms with van der Waals surface area (Å²) in [7, 11) is 0. The van der Waals surface area contributed by atoms with Crippen molar-refractivity contribution in [1.29, 1.82) is 0 Å². The first kappa shape index (κ1) is 17.2. The fourth-order valence-electron chi connectivity index (χ4n) is 3.74. The Bertz CT molecular complexity index is 618. The summed E-state index contributed by atoms with van der Waals surface area (Å²) in [6.07, 6.45) is 2.49. The molecule has 24 heavy (non-hydrogen) atoms. The molecule has 1 aromatic carbocycles. The Kier molecular flexibility index (Phi) is 5.11. The van der Waals surface area contributed by atoms with Crippen molar-refractivity contribution >= 4 is 23.5 Å². The molecular formula is C18H22ClNO4. The second kappa shape index (κ2) is 7.11. The van der Waals surface area contributed by atoms with Gasteiger partial charge in [-0.15, -0.1) is 0 Å². The number of carbonyl (C=O) groups excluding carboxylic acids is 1. The molecule has 2 heterocycles. The van der Waals surface area contributed by atoms with Gasteiger partial charge in [-0.1, -0.05) is 23.7 Å². The molecule has 2 saturated heterocycles. The number of carbonyl (C=O) groups is 2. The van der Waals surface area contributed by atoms with Crippen LogP contribution in [0.5, 0.6) is 0 Å². The Morgan fingerprint density at radius 2 is 2.08 bits per heavy atom. The molecule has 0 aromatic heterocycles. The Hall–Kier alpha value is -1.59. The molecule has 2 aliphatic heterocycles. The second-order valence-electron chi connectivity index (χ2n) is 6.74. The van der Waals surface area contributed by atoms with Crippen LogP contribution in [0.4, 0.5) is 0 Å². The van der Waals surface area contributed by atoms with Crippen LogP contribution in [0, 0.1) is 11.3 Å². The number of carboxylic acids is 1. The van der Waals surface area contributed by atoms with Gasteiger partial charge >= 0.3 is 5.97 Å². The molecule has 0 spiro atoms. The zero-order chi connectivity index (χ0) is 17.2. The van der Waals surface area contributed by atoms with Gasteiger partial charge in [0.05, 0.1) is 12.0 Å². The second-order valence-corrected chi connectivity index (χ2v) is 7.17. The van der Waals surface area contributed by atoms with E-state index in [2.05, 4.69) is 0 Å². The molecule has 6 heteroatoms. The van der Waals surface area contributed by atoms with Crippen molar-refractivity contribution in [3.63, 3.8) is 0 Å². The molecule has 130 valence electrons. The van der Waals surface area contributed by atoms with E-state index in [-0.39, 0.29) is 11.8 Å². The van der Waals surface area contributed by atoms with Crippen molar-refractivity contribution in [3.05, 3.63) is 34.9 Å². The highest BCUT2D eigenvalue weighted by atomic mass is 35.5. The van der Waals surface area contributed by atoms with E-state index in [1.165, 1.54) is 0 Å². The smallest absolute Gasteiger partial charge is 0.311 e. The minimum absolute atomic E-state index is 0.0407. The molecule has 0 unspecified atom stereocenters. The number of benzene rings is 1. The van der Waals surface area contributed by atoms with E-state index in [9.17, 15) is 14.7 Å². The van der Waals surface area contributed by atoms with Crippen LogP contribution in [0.2, 0.25) is 5.02 Å². The van der Waals surface area contributed by atoms with Gasteiger partial charge in [-0.3, -0.25) is 9.59 Å². The lowest BCUT2D eigenvalue weighted by molar-refractivity contribution is -0.157. The van der Waals surface area contributed by atoms with Crippen LogP contribution in [0.1, 0.15) is 24.8 Å². The number of fused-ring (bicyclic) bond motifs is 1. The largest absolute Gasteiger partial charge is 0.481 e. The van der Waals surface area contributed by atoms with E-state index in [4.69, 9.17) is 16.3 Å². The molecule has 1 amide bonds. The fraction of sp³-hybridized carbons (Fsp3) is 0.556. The van der Waals surface area contributed by atoms with Crippen LogP contribution >= 0.6 is 11.6 Å². The summed E-state index contributed by atoms with van der Waals surface area (Å²) >= 11 is 5.86. The maximum absolute atomic E-state index is 12.5. The predicted molar refractivity (Wildman–Crippen MR) is 90.0 cm³/mol. The van der Waals surface area contributed by atoms with Gasteiger partial charge in [-0.25, -0.2) is 0 Å². The lowest BCUT2D eigenvalue weighted by atomic mass is 9.74. The lowest BCUT2D eigenvalue weighted by Gasteiger charge is -2.33. The average molecular weight is 352 g/mol. The monoisotopic (exact) mass is 351 g/mol. The number of hydrogen-bond donors (Lipinski definition) is 1. The van der Waals surface area contributed by atoms with Crippen LogP contribution in [-0.4, -0.2) is 48.2 Å². The van der Waals surface area contributed by atoms with Crippen LogP contribution in [-0.2, 0) is 20.7 Å². The highest BCUT2D eigenvalue weighted by Crippen LogP contribution is 2.42. The summed E-state index contributed by atoms with van der Waals surface area (Å²) in [5.41, 5.74) is 0.335. The van der Waals surface area contributed by atoms with Gasteiger partial charge in [0.1, 0.15) is 0 Å². The zero-order valence-corrected chi connectivity index (χ0v) is 14.3. The first-order valence-electron chi connectivity index (χ1n) is 8.35. The molecule has 2 aliphatic rings. The maximum Gasteiger partial charge on any atom is 0.311 e. The third kappa shape index (κ3) is 3.42. The third-order valence-electron chi connectivity index (χ3n) is 5.25. The number of rotatable bonds is 5. The van der Waals surface area contributed by atoms with E-state index >= 15 is 0 Å². The Labute approximate surface area is 146 Å². The number of amides is 1. The molecule has 0 bridgehead atoms. The normalized spacial score (nSPS) is 26.2. The van der Waals surface area contributed by atoms with Gasteiger partial charge in [0.25, 0.3) is 0 Å². The summed E-state index contributed by atoms with van der Waals surface area (Å²) in [6, 6.07) is 7.63. The minimum Gasteiger partial charge on any atom is -0.481 e. The van der Waals surface area contributed by atoms with Crippen molar-refractivity contribution in [2.24, 2.45) is 11.3 Å². The topological polar surface area (TPSA) is 66.8 Å². The van der Waals surface area contributed by atoms with Crippen LogP contribution in [0.3, 0.4) is 0 Å². The standard InChI is InChI=1S/C18H22ClNO4/c19-15-6-4-13(5-7-15)2-1-3-16(21)20-10-14-11-24-9-8-18(14,12-20)17(22)23/h4-7,14H,1-3,8-12H2,(H,22,23)/t14-,18+/m1/s1. The lowest BCUT2D eigenvalue weighted by Crippen LogP contribution is -2.45. The van der Waals surface area contributed by atoms with Gasteiger partial charge < -0.3 is 14.7 Å². The quantitative estimate of drug-likeness (QED) is 0.885. The van der Waals surface area contributed by atoms with Gasteiger partial charge in [0.2, 0.25) is 5.91 Å². The van der Waals surface area contributed by atoms with E-state index < -0.39 is 11.4 Å². The van der Waals surface area contributed by atoms with Gasteiger partial charge in [0.15, 0.2) is 0 Å². The summed E-state index contributed by atoms with van der Waals surface area (Å²) in [4.78, 5) is 25.9. The SMILES string of the molecule is O=C(CCCc1ccc(Cl)cc1)N1C[C@@H]2COCC[C@]2(C(=O)O)C1. The third-order valence-corrected chi connectivity index (χ3v) is 5.51. The molecule has 0 aliphatic carbocycles. The van der Waals surface area contributed by atoms with E-state index in [0.717, 1.165) is 18.4 Å². The molecule has 0 radical (unpaired) electrons. The highest BCUT2D eigenvalue weighted by molar-refractivity contribution is 6.30. The number of nitrogens with zero attached hydrogens (tertiary/aromatic N) is 1. The fourth-order valence-corrected chi connectivity index (χ4v) is 3.87. The van der Waals surface area contributed by atoms with Gasteiger partial charge in [-0.05, 0) is 37.0 Å². The Balaban J connectivity index is 1.54. The van der Waals surface area contributed by atoms with Crippen LogP contribution in [0.25, 0.3) is 0 Å². The molecule has 2 atom stereocenters. The maximum atomic E-state index is 12.5. The first-order valence-corrected chi connectivity index (χ1v) is 8.72. The van der Waals surface area contributed by atoms with E-state index in [1.807, 2.05) is 24.3 Å². The molecule has 5 nitrogen and oxygen atoms in total. The molecule has 0 saturated carbocycles. The summed E-state index contributed by atoms with van der Waals surface area (Å²) in [6.45, 7) is 1.70. The first-order chi connectivity index (χ1) is 11.5. The van der Waals surface area contributed by atoms with Crippen molar-refractivity contribution in [3.8, 4) is 0 Å². The van der Waals surface area contributed by atoms with Crippen molar-refractivity contribution < 1.29 is 19.4 Å². The van der Waals surface area contributed by atoms with E-state index in [1.54, 1.807) is 4.90 Å². The molecule has 3 rings (SSSR count). The van der Waals surface area contributed by atoms with Gasteiger partial charge in [-0.2, -0.15) is 0 Å². The summed E-state index contributed by atoms with van der Waals surface area (Å²) in [5.74, 6) is -0.852. The van der Waals surface area contributed by atoms with Gasteiger partial charge in [0, 0.05) is 37.1 Å². The number of carboxylic acid groups (broad SMARTS) is 1. The Morgan fingerprint density at radius 3 is 2.75 bits per heavy atom. The molecule has 1 N–H and O–H groups in total. The summed E-state index contributed by atoms with van der Waals surface area (Å²) < 4.78 is 5.42. The summed E-state index contributed by atoms with van der Waals surface area (Å²) in [5, 5.41) is 10.3. The minimum atomic E-state index is -0.815. The van der Waals surface area contributed by atoms with Crippen molar-refractivity contribution in [1.82, 2.24) is 4.90 Å². The number of ether oxygens (including phenoxy) is 1. The number of likely N-dealkylation sites (tertiary alicyclic amines) is 1.